The van der Waals surface area contributed by atoms with Crippen LogP contribution in [0.5, 0.6) is 0 Å². The first kappa shape index (κ1) is 49.0. The minimum absolute atomic E-state index is 0.566. The van der Waals surface area contributed by atoms with Crippen molar-refractivity contribution in [2.24, 2.45) is 0 Å². The van der Waals surface area contributed by atoms with Crippen LogP contribution in [0.15, 0.2) is 292 Å². The zero-order valence-electron chi connectivity index (χ0n) is 46.4. The molecule has 0 radical (unpaired) electrons. The van der Waals surface area contributed by atoms with Gasteiger partial charge < -0.3 is 0 Å². The molecule has 398 valence electrons. The van der Waals surface area contributed by atoms with E-state index in [0.29, 0.717) is 23.3 Å². The summed E-state index contributed by atoms with van der Waals surface area (Å²) in [5.41, 5.74) is 12.6. The van der Waals surface area contributed by atoms with Crippen LogP contribution in [0.4, 0.5) is 0 Å². The maximum absolute atomic E-state index is 5.56. The van der Waals surface area contributed by atoms with Gasteiger partial charge in [-0.25, -0.2) is 29.9 Å². The summed E-state index contributed by atoms with van der Waals surface area (Å²) in [6.45, 7) is 0. The van der Waals surface area contributed by atoms with E-state index in [1.165, 1.54) is 54.0 Å². The van der Waals surface area contributed by atoms with Crippen LogP contribution in [-0.2, 0) is 0 Å². The molecule has 0 unspecified atom stereocenters. The van der Waals surface area contributed by atoms with Gasteiger partial charge in [0, 0.05) is 22.3 Å². The van der Waals surface area contributed by atoms with Crippen molar-refractivity contribution >= 4 is 86.2 Å². The summed E-state index contributed by atoms with van der Waals surface area (Å²) in [6.07, 6.45) is 3.12. The first-order valence-electron chi connectivity index (χ1n) is 29.0. The summed E-state index contributed by atoms with van der Waals surface area (Å²) in [6, 6.07) is 101. The van der Waals surface area contributed by atoms with Crippen molar-refractivity contribution < 1.29 is 0 Å². The third kappa shape index (κ3) is 8.34. The van der Waals surface area contributed by atoms with Crippen LogP contribution >= 0.6 is 0 Å². The van der Waals surface area contributed by atoms with Gasteiger partial charge in [-0.2, -0.15) is 0 Å². The highest BCUT2D eigenvalue weighted by Crippen LogP contribution is 2.49. The van der Waals surface area contributed by atoms with E-state index in [1.54, 1.807) is 12.7 Å². The molecule has 17 rings (SSSR count). The van der Waals surface area contributed by atoms with Gasteiger partial charge in [0.1, 0.15) is 12.7 Å². The third-order valence-corrected chi connectivity index (χ3v) is 17.2. The van der Waals surface area contributed by atoms with E-state index in [9.17, 15) is 0 Å². The van der Waals surface area contributed by atoms with E-state index < -0.39 is 0 Å². The lowest BCUT2D eigenvalue weighted by atomic mass is 9.84. The SMILES string of the molecule is c1ccc(-c2nc(-c3ccc4c(-c5ccc6ccccc6c5)c5ccccc5c(-c5ccc6ccccc6c5)c4c3)nc(-c3ccc4c(-c5ccc6ccccc6c5)c5ccc(-c6ncncn6)cc5c(-c5ccc6ccccc6c5)c4c3)n2)cc1. The molecule has 6 nitrogen and oxygen atoms in total. The van der Waals surface area contributed by atoms with E-state index in [4.69, 9.17) is 15.0 Å². The van der Waals surface area contributed by atoms with Crippen molar-refractivity contribution in [3.8, 4) is 90.1 Å². The fourth-order valence-electron chi connectivity index (χ4n) is 13.2. The van der Waals surface area contributed by atoms with Gasteiger partial charge >= 0.3 is 0 Å². The zero-order valence-corrected chi connectivity index (χ0v) is 46.4. The maximum atomic E-state index is 5.56. The van der Waals surface area contributed by atoms with Gasteiger partial charge in [-0.3, -0.25) is 0 Å². The largest absolute Gasteiger partial charge is 0.225 e. The standard InChI is InChI=1S/C80H48N6/c1-2-18-53(19-3-1)78-84-79(63-35-38-67-70(45-63)75(60-32-28-51-16-6-10-22-56(51)42-60)66-25-13-12-24-65(66)73(67)58-30-26-49-14-4-8-20-54(49)40-58)86-80(85-78)64-36-39-69-72(46-64)76(61-33-29-52-17-7-11-23-57(52)43-61)71-44-62(77-82-47-81-48-83-77)34-37-68(71)74(69)59-31-27-50-15-5-9-21-55(50)41-59/h1-48H. The van der Waals surface area contributed by atoms with Crippen LogP contribution in [0.1, 0.15) is 0 Å². The fraction of sp³-hybridized carbons (Fsp3) is 0. The number of nitrogens with zero attached hydrogens (tertiary/aromatic N) is 6. The predicted octanol–water partition coefficient (Wildman–Crippen LogP) is 20.6. The maximum Gasteiger partial charge on any atom is 0.164 e. The van der Waals surface area contributed by atoms with Gasteiger partial charge in [-0.15, -0.1) is 0 Å². The Morgan fingerprint density at radius 1 is 0.174 bits per heavy atom. The zero-order chi connectivity index (χ0) is 56.7. The molecule has 0 spiro atoms. The molecule has 86 heavy (non-hydrogen) atoms. The first-order valence-corrected chi connectivity index (χ1v) is 29.0. The van der Waals surface area contributed by atoms with Crippen LogP contribution in [0.3, 0.4) is 0 Å². The highest BCUT2D eigenvalue weighted by molar-refractivity contribution is 6.24. The Labute approximate surface area is 495 Å². The molecule has 0 bridgehead atoms. The topological polar surface area (TPSA) is 77.3 Å². The van der Waals surface area contributed by atoms with Gasteiger partial charge in [-0.1, -0.05) is 237 Å². The van der Waals surface area contributed by atoms with E-state index >= 15 is 0 Å². The highest BCUT2D eigenvalue weighted by Gasteiger charge is 2.23. The summed E-state index contributed by atoms with van der Waals surface area (Å²) in [4.78, 5) is 29.8. The van der Waals surface area contributed by atoms with Crippen LogP contribution in [-0.4, -0.2) is 29.9 Å². The Bertz CT molecular complexity index is 5610. The minimum atomic E-state index is 0.566. The monoisotopic (exact) mass is 1090 g/mol. The van der Waals surface area contributed by atoms with Crippen LogP contribution in [0, 0.1) is 0 Å². The van der Waals surface area contributed by atoms with E-state index in [-0.39, 0.29) is 0 Å². The van der Waals surface area contributed by atoms with Crippen molar-refractivity contribution in [1.29, 1.82) is 0 Å². The van der Waals surface area contributed by atoms with Crippen molar-refractivity contribution in [2.45, 2.75) is 0 Å². The molecule has 6 heteroatoms. The quantitative estimate of drug-likeness (QED) is 0.141. The van der Waals surface area contributed by atoms with Gasteiger partial charge in [0.25, 0.3) is 0 Å². The molecule has 17 aromatic rings. The summed E-state index contributed by atoms with van der Waals surface area (Å²) >= 11 is 0. The number of rotatable bonds is 8. The Morgan fingerprint density at radius 3 is 0.837 bits per heavy atom. The Kier molecular flexibility index (Phi) is 11.5. The van der Waals surface area contributed by atoms with Gasteiger partial charge in [0.2, 0.25) is 0 Å². The molecular formula is C80H48N6. The second-order valence-electron chi connectivity index (χ2n) is 22.2. The molecule has 0 aliphatic carbocycles. The number of fused-ring (bicyclic) bond motifs is 8. The summed E-state index contributed by atoms with van der Waals surface area (Å²) in [7, 11) is 0. The number of benzene rings is 15. The first-order chi connectivity index (χ1) is 42.6. The average molecular weight is 1090 g/mol. The lowest BCUT2D eigenvalue weighted by Crippen LogP contribution is -2.01. The second kappa shape index (κ2) is 20.1. The molecular weight excluding hydrogens is 1040 g/mol. The number of hydrogen-bond donors (Lipinski definition) is 0. The van der Waals surface area contributed by atoms with E-state index in [2.05, 4.69) is 276 Å². The minimum Gasteiger partial charge on any atom is -0.225 e. The van der Waals surface area contributed by atoms with Crippen LogP contribution in [0.25, 0.3) is 176 Å². The lowest BCUT2D eigenvalue weighted by molar-refractivity contribution is 1.06. The molecule has 0 fully saturated rings. The van der Waals surface area contributed by atoms with E-state index in [1.807, 2.05) is 18.2 Å². The summed E-state index contributed by atoms with van der Waals surface area (Å²) in [5.74, 6) is 2.34. The van der Waals surface area contributed by atoms with Crippen LogP contribution in [0.2, 0.25) is 0 Å². The normalized spacial score (nSPS) is 11.7. The molecule has 0 saturated carbocycles. The Morgan fingerprint density at radius 2 is 0.453 bits per heavy atom. The Hall–Kier alpha value is -11.6. The molecule has 0 amide bonds. The molecule has 0 aliphatic heterocycles. The second-order valence-corrected chi connectivity index (χ2v) is 22.2. The summed E-state index contributed by atoms with van der Waals surface area (Å²) < 4.78 is 0. The molecule has 2 heterocycles. The van der Waals surface area contributed by atoms with Gasteiger partial charge in [0.05, 0.1) is 0 Å². The number of aromatic nitrogens is 6. The van der Waals surface area contributed by atoms with Crippen LogP contribution < -0.4 is 0 Å². The van der Waals surface area contributed by atoms with Crippen molar-refractivity contribution in [1.82, 2.24) is 29.9 Å². The van der Waals surface area contributed by atoms with Crippen molar-refractivity contribution in [2.75, 3.05) is 0 Å². The predicted molar refractivity (Wildman–Crippen MR) is 357 cm³/mol. The Balaban J connectivity index is 0.937. The van der Waals surface area contributed by atoms with Crippen molar-refractivity contribution in [3.63, 3.8) is 0 Å². The van der Waals surface area contributed by atoms with Gasteiger partial charge in [-0.05, 0) is 173 Å². The third-order valence-electron chi connectivity index (χ3n) is 17.2. The van der Waals surface area contributed by atoms with Gasteiger partial charge in [0.15, 0.2) is 23.3 Å². The molecule has 15 aromatic carbocycles. The fourth-order valence-corrected chi connectivity index (χ4v) is 13.2. The lowest BCUT2D eigenvalue weighted by Gasteiger charge is -2.20. The summed E-state index contributed by atoms with van der Waals surface area (Å²) in [5, 5.41) is 18.5. The highest BCUT2D eigenvalue weighted by atomic mass is 15.0. The molecule has 2 aromatic heterocycles. The molecule has 0 saturated heterocycles. The molecule has 0 aliphatic rings. The average Bonchev–Trinajstić information content (AvgIpc) is 0.966. The van der Waals surface area contributed by atoms with E-state index in [0.717, 1.165) is 98.9 Å². The molecule has 0 atom stereocenters. The number of hydrogen-bond acceptors (Lipinski definition) is 6. The molecule has 0 N–H and O–H groups in total. The van der Waals surface area contributed by atoms with Crippen molar-refractivity contribution in [3.05, 3.63) is 292 Å². The smallest absolute Gasteiger partial charge is 0.164 e.